The molecule has 5 heteroatoms. The molecular formula is C23H29ClN2O2. The van der Waals surface area contributed by atoms with E-state index in [0.717, 1.165) is 48.8 Å². The zero-order valence-corrected chi connectivity index (χ0v) is 17.4. The number of carbonyl (C=O) groups is 1. The standard InChI is InChI=1S/C23H29ClN2O2/c1-17-6-3-4-9-22(17)28-16-18(2)25-23(27)20-10-12-26(13-11-20)15-19-7-5-8-21(24)14-19/h3-9,14,18,20H,10-13,15-16H2,1-2H3,(H,25,27)/t18-/m0/s1. The molecule has 1 fully saturated rings. The topological polar surface area (TPSA) is 41.6 Å². The Morgan fingerprint density at radius 2 is 1.96 bits per heavy atom. The normalized spacial score (nSPS) is 16.5. The first-order chi connectivity index (χ1) is 13.5. The fourth-order valence-corrected chi connectivity index (χ4v) is 3.80. The lowest BCUT2D eigenvalue weighted by Gasteiger charge is -2.32. The largest absolute Gasteiger partial charge is 0.491 e. The molecule has 1 amide bonds. The second-order valence-electron chi connectivity index (χ2n) is 7.67. The fourth-order valence-electron chi connectivity index (χ4n) is 3.58. The quantitative estimate of drug-likeness (QED) is 0.746. The highest BCUT2D eigenvalue weighted by molar-refractivity contribution is 6.30. The van der Waals surface area contributed by atoms with Gasteiger partial charge in [-0.1, -0.05) is 41.9 Å². The molecule has 3 rings (SSSR count). The number of piperidine rings is 1. The number of rotatable bonds is 7. The summed E-state index contributed by atoms with van der Waals surface area (Å²) in [5, 5.41) is 3.88. The number of aryl methyl sites for hydroxylation is 1. The van der Waals surface area contributed by atoms with Gasteiger partial charge in [-0.2, -0.15) is 0 Å². The van der Waals surface area contributed by atoms with E-state index in [4.69, 9.17) is 16.3 Å². The summed E-state index contributed by atoms with van der Waals surface area (Å²) in [4.78, 5) is 15.0. The van der Waals surface area contributed by atoms with Crippen LogP contribution in [-0.4, -0.2) is 36.5 Å². The monoisotopic (exact) mass is 400 g/mol. The lowest BCUT2D eigenvalue weighted by molar-refractivity contribution is -0.127. The Kier molecular flexibility index (Phi) is 7.35. The predicted octanol–water partition coefficient (Wildman–Crippen LogP) is 4.44. The average Bonchev–Trinajstić information content (AvgIpc) is 2.68. The van der Waals surface area contributed by atoms with Crippen LogP contribution in [0.4, 0.5) is 0 Å². The third kappa shape index (κ3) is 5.98. The number of halogens is 1. The molecule has 28 heavy (non-hydrogen) atoms. The van der Waals surface area contributed by atoms with E-state index >= 15 is 0 Å². The van der Waals surface area contributed by atoms with E-state index in [1.54, 1.807) is 0 Å². The molecule has 0 bridgehead atoms. The van der Waals surface area contributed by atoms with Gasteiger partial charge in [0, 0.05) is 17.5 Å². The van der Waals surface area contributed by atoms with E-state index in [9.17, 15) is 4.79 Å². The molecule has 0 radical (unpaired) electrons. The highest BCUT2D eigenvalue weighted by Crippen LogP contribution is 2.21. The van der Waals surface area contributed by atoms with Crippen LogP contribution in [-0.2, 0) is 11.3 Å². The Bertz CT molecular complexity index is 788. The van der Waals surface area contributed by atoms with Gasteiger partial charge in [0.25, 0.3) is 0 Å². The third-order valence-corrected chi connectivity index (χ3v) is 5.46. The number of hydrogen-bond donors (Lipinski definition) is 1. The lowest BCUT2D eigenvalue weighted by Crippen LogP contribution is -2.44. The molecule has 1 aliphatic rings. The van der Waals surface area contributed by atoms with Gasteiger partial charge in [-0.25, -0.2) is 0 Å². The molecule has 1 aliphatic heterocycles. The fraction of sp³-hybridized carbons (Fsp3) is 0.435. The minimum absolute atomic E-state index is 0.0170. The number of likely N-dealkylation sites (tertiary alicyclic amines) is 1. The average molecular weight is 401 g/mol. The van der Waals surface area contributed by atoms with Crippen molar-refractivity contribution in [3.8, 4) is 5.75 Å². The summed E-state index contributed by atoms with van der Waals surface area (Å²) in [5.41, 5.74) is 2.32. The van der Waals surface area contributed by atoms with Crippen LogP contribution in [0.3, 0.4) is 0 Å². The van der Waals surface area contributed by atoms with E-state index in [-0.39, 0.29) is 17.9 Å². The van der Waals surface area contributed by atoms with Crippen molar-refractivity contribution in [3.05, 3.63) is 64.7 Å². The number of para-hydroxylation sites is 1. The van der Waals surface area contributed by atoms with E-state index in [2.05, 4.69) is 16.3 Å². The van der Waals surface area contributed by atoms with Crippen molar-refractivity contribution in [2.45, 2.75) is 39.3 Å². The van der Waals surface area contributed by atoms with Crippen molar-refractivity contribution in [1.29, 1.82) is 0 Å². The molecule has 150 valence electrons. The van der Waals surface area contributed by atoms with Gasteiger partial charge in [0.1, 0.15) is 12.4 Å². The summed E-state index contributed by atoms with van der Waals surface area (Å²) in [5.74, 6) is 1.10. The molecule has 2 aromatic carbocycles. The number of carbonyl (C=O) groups excluding carboxylic acids is 1. The SMILES string of the molecule is Cc1ccccc1OC[C@H](C)NC(=O)C1CCN(Cc2cccc(Cl)c2)CC1. The number of amides is 1. The molecule has 0 saturated carbocycles. The lowest BCUT2D eigenvalue weighted by atomic mass is 9.95. The van der Waals surface area contributed by atoms with Gasteiger partial charge in [-0.15, -0.1) is 0 Å². The first kappa shape index (κ1) is 20.7. The molecule has 4 nitrogen and oxygen atoms in total. The maximum absolute atomic E-state index is 12.6. The Balaban J connectivity index is 1.40. The van der Waals surface area contributed by atoms with Gasteiger partial charge in [-0.3, -0.25) is 9.69 Å². The Morgan fingerprint density at radius 1 is 1.21 bits per heavy atom. The van der Waals surface area contributed by atoms with Crippen LogP contribution < -0.4 is 10.1 Å². The van der Waals surface area contributed by atoms with Gasteiger partial charge >= 0.3 is 0 Å². The molecule has 0 spiro atoms. The molecular weight excluding hydrogens is 372 g/mol. The van der Waals surface area contributed by atoms with E-state index in [0.29, 0.717) is 6.61 Å². The maximum atomic E-state index is 12.6. The summed E-state index contributed by atoms with van der Waals surface area (Å²) in [6.07, 6.45) is 1.77. The van der Waals surface area contributed by atoms with Crippen LogP contribution in [0.25, 0.3) is 0 Å². The van der Waals surface area contributed by atoms with Crippen molar-refractivity contribution in [3.63, 3.8) is 0 Å². The first-order valence-electron chi connectivity index (χ1n) is 9.97. The summed E-state index contributed by atoms with van der Waals surface area (Å²) < 4.78 is 5.85. The smallest absolute Gasteiger partial charge is 0.223 e. The molecule has 0 aliphatic carbocycles. The molecule has 2 aromatic rings. The highest BCUT2D eigenvalue weighted by Gasteiger charge is 2.25. The van der Waals surface area contributed by atoms with Crippen LogP contribution in [0, 0.1) is 12.8 Å². The van der Waals surface area contributed by atoms with Crippen molar-refractivity contribution in [2.75, 3.05) is 19.7 Å². The Morgan fingerprint density at radius 3 is 2.68 bits per heavy atom. The van der Waals surface area contributed by atoms with Crippen LogP contribution in [0.15, 0.2) is 48.5 Å². The van der Waals surface area contributed by atoms with Crippen LogP contribution in [0.1, 0.15) is 30.9 Å². The van der Waals surface area contributed by atoms with Gasteiger partial charge in [-0.05, 0) is 69.1 Å². The van der Waals surface area contributed by atoms with Crippen molar-refractivity contribution >= 4 is 17.5 Å². The molecule has 0 unspecified atom stereocenters. The molecule has 0 aromatic heterocycles. The van der Waals surface area contributed by atoms with Crippen LogP contribution >= 0.6 is 11.6 Å². The second-order valence-corrected chi connectivity index (χ2v) is 8.10. The molecule has 1 atom stereocenters. The Hall–Kier alpha value is -2.04. The number of nitrogens with one attached hydrogen (secondary N) is 1. The van der Waals surface area contributed by atoms with Gasteiger partial charge in [0.2, 0.25) is 5.91 Å². The highest BCUT2D eigenvalue weighted by atomic mass is 35.5. The zero-order chi connectivity index (χ0) is 19.9. The first-order valence-corrected chi connectivity index (χ1v) is 10.3. The third-order valence-electron chi connectivity index (χ3n) is 5.22. The number of benzene rings is 2. The van der Waals surface area contributed by atoms with E-state index in [1.165, 1.54) is 5.56 Å². The van der Waals surface area contributed by atoms with Gasteiger partial charge < -0.3 is 10.1 Å². The second kappa shape index (κ2) is 9.94. The number of hydrogen-bond acceptors (Lipinski definition) is 3. The van der Waals surface area contributed by atoms with Gasteiger partial charge in [0.05, 0.1) is 6.04 Å². The van der Waals surface area contributed by atoms with E-state index < -0.39 is 0 Å². The predicted molar refractivity (Wildman–Crippen MR) is 114 cm³/mol. The maximum Gasteiger partial charge on any atom is 0.223 e. The van der Waals surface area contributed by atoms with Gasteiger partial charge in [0.15, 0.2) is 0 Å². The number of ether oxygens (including phenoxy) is 1. The molecule has 1 heterocycles. The summed E-state index contributed by atoms with van der Waals surface area (Å²) in [6.45, 7) is 7.23. The summed E-state index contributed by atoms with van der Waals surface area (Å²) in [7, 11) is 0. The zero-order valence-electron chi connectivity index (χ0n) is 16.7. The van der Waals surface area contributed by atoms with Crippen LogP contribution in [0.2, 0.25) is 5.02 Å². The minimum atomic E-state index is -0.0170. The van der Waals surface area contributed by atoms with Crippen molar-refractivity contribution < 1.29 is 9.53 Å². The summed E-state index contributed by atoms with van der Waals surface area (Å²) >= 11 is 6.07. The van der Waals surface area contributed by atoms with E-state index in [1.807, 2.05) is 56.3 Å². The summed E-state index contributed by atoms with van der Waals surface area (Å²) in [6, 6.07) is 15.9. The molecule has 1 saturated heterocycles. The van der Waals surface area contributed by atoms with Crippen molar-refractivity contribution in [1.82, 2.24) is 10.2 Å². The number of nitrogens with zero attached hydrogens (tertiary/aromatic N) is 1. The van der Waals surface area contributed by atoms with Crippen molar-refractivity contribution in [2.24, 2.45) is 5.92 Å². The minimum Gasteiger partial charge on any atom is -0.491 e. The van der Waals surface area contributed by atoms with Crippen LogP contribution in [0.5, 0.6) is 5.75 Å². The Labute approximate surface area is 172 Å². The molecule has 1 N–H and O–H groups in total.